The maximum absolute atomic E-state index is 2.30. The SMILES string of the molecule is CCCCCCCCCc1ccc([N+](C)(C)C)cc1.[I-]. The summed E-state index contributed by atoms with van der Waals surface area (Å²) in [6, 6.07) is 9.15. The summed E-state index contributed by atoms with van der Waals surface area (Å²) in [5.74, 6) is 0. The molecule has 2 heteroatoms. The minimum atomic E-state index is 0. The Balaban J connectivity index is 0.00000361. The lowest BCUT2D eigenvalue weighted by molar-refractivity contribution is -0.00000439. The molecule has 1 aromatic carbocycles. The lowest BCUT2D eigenvalue weighted by Crippen LogP contribution is -3.00. The minimum Gasteiger partial charge on any atom is -1.00 e. The average Bonchev–Trinajstić information content (AvgIpc) is 2.37. The summed E-state index contributed by atoms with van der Waals surface area (Å²) in [5.41, 5.74) is 2.87. The van der Waals surface area contributed by atoms with Crippen LogP contribution in [0.4, 0.5) is 5.69 Å². The van der Waals surface area contributed by atoms with Crippen molar-refractivity contribution in [3.63, 3.8) is 0 Å². The molecular formula is C18H32IN. The molecule has 1 nitrogen and oxygen atoms in total. The highest BCUT2D eigenvalue weighted by Gasteiger charge is 2.10. The third-order valence-electron chi connectivity index (χ3n) is 3.78. The van der Waals surface area contributed by atoms with Crippen LogP contribution in [-0.4, -0.2) is 21.1 Å². The second kappa shape index (κ2) is 10.6. The molecule has 116 valence electrons. The molecule has 0 amide bonds. The number of unbranched alkanes of at least 4 members (excludes halogenated alkanes) is 6. The summed E-state index contributed by atoms with van der Waals surface area (Å²) >= 11 is 0. The van der Waals surface area contributed by atoms with Crippen molar-refractivity contribution in [1.29, 1.82) is 0 Å². The zero-order valence-corrected chi connectivity index (χ0v) is 15.9. The standard InChI is InChI=1S/C18H32N.HI/c1-5-6-7-8-9-10-11-12-17-13-15-18(16-14-17)19(2,3)4;/h13-16H,5-12H2,1-4H3;1H/q+1;/p-1. The Morgan fingerprint density at radius 3 is 1.75 bits per heavy atom. The van der Waals surface area contributed by atoms with Crippen molar-refractivity contribution < 1.29 is 24.0 Å². The maximum Gasteiger partial charge on any atom is 0.132 e. The van der Waals surface area contributed by atoms with Crippen LogP contribution in [0.1, 0.15) is 57.4 Å². The highest BCUT2D eigenvalue weighted by atomic mass is 127. The van der Waals surface area contributed by atoms with E-state index in [-0.39, 0.29) is 24.0 Å². The van der Waals surface area contributed by atoms with Crippen molar-refractivity contribution in [1.82, 2.24) is 4.48 Å². The van der Waals surface area contributed by atoms with Crippen molar-refractivity contribution in [3.8, 4) is 0 Å². The van der Waals surface area contributed by atoms with Gasteiger partial charge in [0.05, 0.1) is 21.1 Å². The number of hydrogen-bond donors (Lipinski definition) is 0. The summed E-state index contributed by atoms with van der Waals surface area (Å²) in [7, 11) is 6.64. The van der Waals surface area contributed by atoms with E-state index in [0.717, 1.165) is 4.48 Å². The van der Waals surface area contributed by atoms with Gasteiger partial charge in [-0.25, -0.2) is 0 Å². The first kappa shape index (κ1) is 19.9. The van der Waals surface area contributed by atoms with E-state index in [1.54, 1.807) is 0 Å². The first-order chi connectivity index (χ1) is 9.04. The van der Waals surface area contributed by atoms with E-state index in [4.69, 9.17) is 0 Å². The molecule has 0 heterocycles. The van der Waals surface area contributed by atoms with Gasteiger partial charge in [-0.05, 0) is 30.5 Å². The molecule has 0 aliphatic carbocycles. The number of aryl methyl sites for hydroxylation is 1. The summed E-state index contributed by atoms with van der Waals surface area (Å²) in [6.07, 6.45) is 11.0. The lowest BCUT2D eigenvalue weighted by Gasteiger charge is -2.23. The van der Waals surface area contributed by atoms with Gasteiger partial charge in [0.15, 0.2) is 0 Å². The van der Waals surface area contributed by atoms with E-state index >= 15 is 0 Å². The van der Waals surface area contributed by atoms with Gasteiger partial charge in [0.1, 0.15) is 5.69 Å². The van der Waals surface area contributed by atoms with Crippen LogP contribution in [-0.2, 0) is 6.42 Å². The van der Waals surface area contributed by atoms with Crippen LogP contribution in [0.2, 0.25) is 0 Å². The summed E-state index contributed by atoms with van der Waals surface area (Å²) in [4.78, 5) is 0. The highest BCUT2D eigenvalue weighted by molar-refractivity contribution is 5.42. The van der Waals surface area contributed by atoms with Crippen molar-refractivity contribution in [2.24, 2.45) is 0 Å². The quantitative estimate of drug-likeness (QED) is 0.345. The molecule has 0 fully saturated rings. The fourth-order valence-corrected chi connectivity index (χ4v) is 2.40. The van der Waals surface area contributed by atoms with Gasteiger partial charge in [0.25, 0.3) is 0 Å². The van der Waals surface area contributed by atoms with E-state index in [1.165, 1.54) is 62.6 Å². The normalized spacial score (nSPS) is 11.2. The number of benzene rings is 1. The van der Waals surface area contributed by atoms with E-state index in [0.29, 0.717) is 0 Å². The Bertz CT molecular complexity index is 337. The van der Waals surface area contributed by atoms with Gasteiger partial charge in [-0.1, -0.05) is 57.6 Å². The van der Waals surface area contributed by atoms with Crippen molar-refractivity contribution in [3.05, 3.63) is 29.8 Å². The van der Waals surface area contributed by atoms with Gasteiger partial charge in [-0.3, -0.25) is 4.48 Å². The number of rotatable bonds is 9. The molecule has 0 N–H and O–H groups in total. The topological polar surface area (TPSA) is 0 Å². The first-order valence-electron chi connectivity index (χ1n) is 7.95. The fourth-order valence-electron chi connectivity index (χ4n) is 2.40. The number of quaternary nitrogens is 1. The van der Waals surface area contributed by atoms with Crippen LogP contribution in [0.25, 0.3) is 0 Å². The highest BCUT2D eigenvalue weighted by Crippen LogP contribution is 2.18. The molecule has 0 saturated carbocycles. The van der Waals surface area contributed by atoms with Crippen LogP contribution in [0.3, 0.4) is 0 Å². The summed E-state index contributed by atoms with van der Waals surface area (Å²) in [5, 5.41) is 0. The third-order valence-corrected chi connectivity index (χ3v) is 3.78. The second-order valence-corrected chi connectivity index (χ2v) is 6.55. The third kappa shape index (κ3) is 8.25. The predicted octanol–water partition coefficient (Wildman–Crippen LogP) is 2.18. The van der Waals surface area contributed by atoms with Crippen LogP contribution < -0.4 is 28.5 Å². The zero-order valence-electron chi connectivity index (χ0n) is 13.8. The lowest BCUT2D eigenvalue weighted by atomic mass is 10.0. The summed E-state index contributed by atoms with van der Waals surface area (Å²) in [6.45, 7) is 2.28. The monoisotopic (exact) mass is 389 g/mol. The summed E-state index contributed by atoms with van der Waals surface area (Å²) < 4.78 is 0.901. The Morgan fingerprint density at radius 1 is 0.750 bits per heavy atom. The fraction of sp³-hybridized carbons (Fsp3) is 0.667. The van der Waals surface area contributed by atoms with Gasteiger partial charge in [-0.2, -0.15) is 0 Å². The van der Waals surface area contributed by atoms with Crippen molar-refractivity contribution in [2.75, 3.05) is 21.1 Å². The molecule has 0 bridgehead atoms. The molecule has 0 spiro atoms. The van der Waals surface area contributed by atoms with Gasteiger partial charge < -0.3 is 24.0 Å². The molecule has 0 saturated heterocycles. The Labute approximate surface area is 143 Å². The molecule has 1 rings (SSSR count). The van der Waals surface area contributed by atoms with Gasteiger partial charge in [0.2, 0.25) is 0 Å². The molecule has 1 aromatic rings. The van der Waals surface area contributed by atoms with Crippen LogP contribution >= 0.6 is 0 Å². The van der Waals surface area contributed by atoms with Crippen molar-refractivity contribution in [2.45, 2.75) is 58.3 Å². The van der Waals surface area contributed by atoms with Gasteiger partial charge in [0, 0.05) is 0 Å². The van der Waals surface area contributed by atoms with E-state index in [9.17, 15) is 0 Å². The smallest absolute Gasteiger partial charge is 0.132 e. The number of nitrogens with zero attached hydrogens (tertiary/aromatic N) is 1. The molecule has 0 radical (unpaired) electrons. The van der Waals surface area contributed by atoms with E-state index in [2.05, 4.69) is 52.3 Å². The molecule has 0 aromatic heterocycles. The van der Waals surface area contributed by atoms with E-state index in [1.807, 2.05) is 0 Å². The van der Waals surface area contributed by atoms with Gasteiger partial charge in [-0.15, -0.1) is 0 Å². The zero-order chi connectivity index (χ0) is 14.1. The van der Waals surface area contributed by atoms with Crippen LogP contribution in [0.5, 0.6) is 0 Å². The van der Waals surface area contributed by atoms with Crippen LogP contribution in [0.15, 0.2) is 24.3 Å². The first-order valence-corrected chi connectivity index (χ1v) is 7.95. The molecule has 20 heavy (non-hydrogen) atoms. The Kier molecular flexibility index (Phi) is 10.6. The number of halogens is 1. The minimum absolute atomic E-state index is 0. The molecular weight excluding hydrogens is 357 g/mol. The number of hydrogen-bond acceptors (Lipinski definition) is 0. The molecule has 0 aliphatic heterocycles. The average molecular weight is 389 g/mol. The Hall–Kier alpha value is -0.0900. The van der Waals surface area contributed by atoms with E-state index < -0.39 is 0 Å². The maximum atomic E-state index is 2.30. The van der Waals surface area contributed by atoms with Gasteiger partial charge >= 0.3 is 0 Å². The second-order valence-electron chi connectivity index (χ2n) is 6.55. The van der Waals surface area contributed by atoms with Crippen molar-refractivity contribution >= 4 is 5.69 Å². The molecule has 0 unspecified atom stereocenters. The molecule has 0 atom stereocenters. The largest absolute Gasteiger partial charge is 1.00 e. The molecule has 0 aliphatic rings. The Morgan fingerprint density at radius 2 is 1.25 bits per heavy atom. The van der Waals surface area contributed by atoms with Crippen LogP contribution in [0, 0.1) is 0 Å². The predicted molar refractivity (Wildman–Crippen MR) is 87.7 cm³/mol.